The predicted octanol–water partition coefficient (Wildman–Crippen LogP) is 8.49. The number of fused-ring (bicyclic) bond motifs is 1. The van der Waals surface area contributed by atoms with Crippen LogP contribution in [-0.2, 0) is 18.3 Å². The van der Waals surface area contributed by atoms with Gasteiger partial charge < -0.3 is 0 Å². The van der Waals surface area contributed by atoms with Gasteiger partial charge in [-0.3, -0.25) is 0 Å². The van der Waals surface area contributed by atoms with Gasteiger partial charge in [-0.2, -0.15) is 0 Å². The first-order valence-corrected chi connectivity index (χ1v) is 12.2. The first-order chi connectivity index (χ1) is 14.8. The third-order valence-electron chi connectivity index (χ3n) is 6.84. The molecule has 1 aliphatic rings. The quantitative estimate of drug-likeness (QED) is 0.329. The average molecular weight is 413 g/mol. The Morgan fingerprint density at radius 3 is 2.39 bits per heavy atom. The fourth-order valence-electron chi connectivity index (χ4n) is 4.78. The van der Waals surface area contributed by atoms with Crippen molar-refractivity contribution in [2.24, 2.45) is 5.92 Å². The van der Waals surface area contributed by atoms with Crippen molar-refractivity contribution in [1.29, 1.82) is 0 Å². The lowest BCUT2D eigenvalue weighted by Gasteiger charge is -2.26. The van der Waals surface area contributed by atoms with Gasteiger partial charge in [0.1, 0.15) is 0 Å². The maximum absolute atomic E-state index is 5.37. The zero-order chi connectivity index (χ0) is 22.4. The van der Waals surface area contributed by atoms with E-state index < -0.39 is 0 Å². The molecule has 0 nitrogen and oxygen atoms in total. The second-order valence-electron chi connectivity index (χ2n) is 10.5. The van der Waals surface area contributed by atoms with E-state index in [1.165, 1.54) is 59.9 Å². The van der Waals surface area contributed by atoms with E-state index in [-0.39, 0.29) is 5.41 Å². The number of benzene rings is 2. The minimum absolute atomic E-state index is 0.191. The van der Waals surface area contributed by atoms with Crippen LogP contribution in [0.1, 0.15) is 100 Å². The molecule has 0 aliphatic heterocycles. The fourth-order valence-corrected chi connectivity index (χ4v) is 4.78. The Balaban J connectivity index is 1.83. The first-order valence-electron chi connectivity index (χ1n) is 12.2. The van der Waals surface area contributed by atoms with Gasteiger partial charge in [-0.25, -0.2) is 0 Å². The molecule has 0 saturated heterocycles. The Bertz CT molecular complexity index is 927. The number of allylic oxidation sites excluding steroid dienone is 2. The van der Waals surface area contributed by atoms with Gasteiger partial charge in [0.15, 0.2) is 0 Å². The Morgan fingerprint density at radius 2 is 1.71 bits per heavy atom. The van der Waals surface area contributed by atoms with Gasteiger partial charge in [0, 0.05) is 12.3 Å². The molecule has 0 amide bonds. The van der Waals surface area contributed by atoms with Crippen molar-refractivity contribution in [2.75, 3.05) is 0 Å². The van der Waals surface area contributed by atoms with Crippen LogP contribution in [0.25, 0.3) is 5.57 Å². The van der Waals surface area contributed by atoms with Crippen LogP contribution in [0.4, 0.5) is 0 Å². The molecule has 0 saturated carbocycles. The van der Waals surface area contributed by atoms with Gasteiger partial charge in [-0.15, -0.1) is 12.3 Å². The van der Waals surface area contributed by atoms with Crippen molar-refractivity contribution < 1.29 is 0 Å². The predicted molar refractivity (Wildman–Crippen MR) is 136 cm³/mol. The molecular weight excluding hydrogens is 372 g/mol. The number of aryl methyl sites for hydroxylation is 2. The standard InChI is InChI=1S/C31H40/c1-7-8-9-10-11-12-25-14-20-29-24(3)30(21-23(2)13-15-27(29)22-25)26-16-18-28(19-17-26)31(4,5)6/h1,14,16-24H,8-13,15H2,2-6H3. The maximum Gasteiger partial charge on any atom is 0.00860 e. The van der Waals surface area contributed by atoms with Crippen LogP contribution in [0.2, 0.25) is 0 Å². The summed E-state index contributed by atoms with van der Waals surface area (Å²) in [5, 5.41) is 0. The van der Waals surface area contributed by atoms with Crippen molar-refractivity contribution in [3.63, 3.8) is 0 Å². The zero-order valence-electron chi connectivity index (χ0n) is 20.3. The van der Waals surface area contributed by atoms with Crippen LogP contribution in [0, 0.1) is 18.3 Å². The van der Waals surface area contributed by atoms with Crippen LogP contribution in [0.5, 0.6) is 0 Å². The summed E-state index contributed by atoms with van der Waals surface area (Å²) in [6, 6.07) is 16.6. The average Bonchev–Trinajstić information content (AvgIpc) is 2.74. The van der Waals surface area contributed by atoms with Crippen LogP contribution in [0.3, 0.4) is 0 Å². The van der Waals surface area contributed by atoms with E-state index in [4.69, 9.17) is 6.42 Å². The van der Waals surface area contributed by atoms with E-state index in [9.17, 15) is 0 Å². The number of hydrogen-bond acceptors (Lipinski definition) is 0. The summed E-state index contributed by atoms with van der Waals surface area (Å²) in [7, 11) is 0. The summed E-state index contributed by atoms with van der Waals surface area (Å²) < 4.78 is 0. The van der Waals surface area contributed by atoms with Crippen LogP contribution in [-0.4, -0.2) is 0 Å². The molecule has 0 heterocycles. The number of terminal acetylenes is 1. The third kappa shape index (κ3) is 6.13. The Kier molecular flexibility index (Phi) is 7.83. The summed E-state index contributed by atoms with van der Waals surface area (Å²) in [6.07, 6.45) is 16.0. The molecule has 31 heavy (non-hydrogen) atoms. The SMILES string of the molecule is C#CCCCCCc1ccc2c(c1)CCC(C)C=C(c1ccc(C(C)(C)C)cc1)C2C. The summed E-state index contributed by atoms with van der Waals surface area (Å²) in [5.41, 5.74) is 8.99. The highest BCUT2D eigenvalue weighted by Crippen LogP contribution is 2.38. The Hall–Kier alpha value is -2.26. The van der Waals surface area contributed by atoms with Gasteiger partial charge in [0.2, 0.25) is 0 Å². The molecule has 0 N–H and O–H groups in total. The van der Waals surface area contributed by atoms with Gasteiger partial charge in [0.05, 0.1) is 0 Å². The molecule has 0 spiro atoms. The van der Waals surface area contributed by atoms with E-state index in [1.54, 1.807) is 5.56 Å². The highest BCUT2D eigenvalue weighted by Gasteiger charge is 2.21. The minimum atomic E-state index is 0.191. The first kappa shape index (κ1) is 23.4. The van der Waals surface area contributed by atoms with Gasteiger partial charge >= 0.3 is 0 Å². The smallest absolute Gasteiger partial charge is 0.00860 e. The van der Waals surface area contributed by atoms with E-state index in [0.29, 0.717) is 11.8 Å². The molecule has 2 aromatic carbocycles. The molecule has 1 aliphatic carbocycles. The van der Waals surface area contributed by atoms with Gasteiger partial charge in [-0.05, 0) is 76.8 Å². The molecule has 2 atom stereocenters. The molecule has 2 unspecified atom stereocenters. The Labute approximate surface area is 191 Å². The summed E-state index contributed by atoms with van der Waals surface area (Å²) in [4.78, 5) is 0. The van der Waals surface area contributed by atoms with Crippen molar-refractivity contribution in [1.82, 2.24) is 0 Å². The molecule has 164 valence electrons. The fraction of sp³-hybridized carbons (Fsp3) is 0.484. The second kappa shape index (κ2) is 10.4. The van der Waals surface area contributed by atoms with Crippen molar-refractivity contribution in [2.45, 2.75) is 90.9 Å². The van der Waals surface area contributed by atoms with Crippen molar-refractivity contribution in [3.05, 3.63) is 76.4 Å². The van der Waals surface area contributed by atoms with E-state index in [0.717, 1.165) is 12.8 Å². The van der Waals surface area contributed by atoms with Gasteiger partial charge in [-0.1, -0.05) is 89.6 Å². The monoisotopic (exact) mass is 412 g/mol. The van der Waals surface area contributed by atoms with E-state index in [1.807, 2.05) is 0 Å². The highest BCUT2D eigenvalue weighted by atomic mass is 14.3. The highest BCUT2D eigenvalue weighted by molar-refractivity contribution is 5.72. The van der Waals surface area contributed by atoms with E-state index >= 15 is 0 Å². The molecule has 0 radical (unpaired) electrons. The second-order valence-corrected chi connectivity index (χ2v) is 10.5. The van der Waals surface area contributed by atoms with Crippen LogP contribution in [0.15, 0.2) is 48.5 Å². The number of hydrogen-bond donors (Lipinski definition) is 0. The van der Waals surface area contributed by atoms with Gasteiger partial charge in [0.25, 0.3) is 0 Å². The summed E-state index contributed by atoms with van der Waals surface area (Å²) in [6.45, 7) is 11.6. The molecule has 0 heteroatoms. The molecule has 2 aromatic rings. The molecule has 0 bridgehead atoms. The summed E-state index contributed by atoms with van der Waals surface area (Å²) >= 11 is 0. The van der Waals surface area contributed by atoms with E-state index in [2.05, 4.69) is 89.1 Å². The minimum Gasteiger partial charge on any atom is -0.120 e. The topological polar surface area (TPSA) is 0 Å². The molecular formula is C31H40. The third-order valence-corrected chi connectivity index (χ3v) is 6.84. The summed E-state index contributed by atoms with van der Waals surface area (Å²) in [5.74, 6) is 3.77. The molecule has 0 fully saturated rings. The van der Waals surface area contributed by atoms with Crippen molar-refractivity contribution in [3.8, 4) is 12.3 Å². The normalized spacial score (nSPS) is 19.0. The lowest BCUT2D eigenvalue weighted by atomic mass is 9.78. The Morgan fingerprint density at radius 1 is 0.968 bits per heavy atom. The van der Waals surface area contributed by atoms with Crippen molar-refractivity contribution >= 4 is 5.57 Å². The zero-order valence-corrected chi connectivity index (χ0v) is 20.3. The van der Waals surface area contributed by atoms with Crippen LogP contribution < -0.4 is 0 Å². The lowest BCUT2D eigenvalue weighted by molar-refractivity contribution is 0.590. The number of unbranched alkanes of at least 4 members (excludes halogenated alkanes) is 3. The largest absolute Gasteiger partial charge is 0.120 e. The lowest BCUT2D eigenvalue weighted by Crippen LogP contribution is -2.12. The van der Waals surface area contributed by atoms with Crippen LogP contribution >= 0.6 is 0 Å². The molecule has 0 aromatic heterocycles. The maximum atomic E-state index is 5.37. The molecule has 3 rings (SSSR count). The number of rotatable bonds is 6.